The van der Waals surface area contributed by atoms with Gasteiger partial charge in [-0.25, -0.2) is 0 Å². The lowest BCUT2D eigenvalue weighted by Gasteiger charge is -2.15. The van der Waals surface area contributed by atoms with Gasteiger partial charge < -0.3 is 10.1 Å². The molecule has 2 rings (SSSR count). The lowest BCUT2D eigenvalue weighted by atomic mass is 10.2. The van der Waals surface area contributed by atoms with E-state index in [9.17, 15) is 4.79 Å². The second-order valence-corrected chi connectivity index (χ2v) is 5.01. The van der Waals surface area contributed by atoms with Crippen LogP contribution < -0.4 is 10.1 Å². The second kappa shape index (κ2) is 6.44. The Morgan fingerprint density at radius 1 is 1.20 bits per heavy atom. The molecule has 0 bridgehead atoms. The number of nitrogens with one attached hydrogen (secondary N) is 1. The van der Waals surface area contributed by atoms with Crippen LogP contribution in [0.5, 0.6) is 5.75 Å². The largest absolute Gasteiger partial charge is 0.481 e. The number of benzene rings is 2. The molecule has 1 unspecified atom stereocenters. The monoisotopic (exact) mass is 289 g/mol. The third kappa shape index (κ3) is 4.00. The molecule has 20 heavy (non-hydrogen) atoms. The maximum atomic E-state index is 12.0. The molecule has 0 heterocycles. The van der Waals surface area contributed by atoms with Crippen molar-refractivity contribution in [2.75, 3.05) is 5.32 Å². The van der Waals surface area contributed by atoms with Crippen LogP contribution in [0.4, 0.5) is 5.69 Å². The van der Waals surface area contributed by atoms with E-state index in [-0.39, 0.29) is 5.91 Å². The van der Waals surface area contributed by atoms with E-state index in [0.29, 0.717) is 16.5 Å². The predicted molar refractivity (Wildman–Crippen MR) is 81.4 cm³/mol. The Hall–Kier alpha value is -2.00. The van der Waals surface area contributed by atoms with Gasteiger partial charge in [-0.15, -0.1) is 0 Å². The van der Waals surface area contributed by atoms with Crippen LogP contribution >= 0.6 is 11.6 Å². The first-order chi connectivity index (χ1) is 9.54. The molecule has 0 saturated carbocycles. The number of carbonyl (C=O) groups excluding carboxylic acids is 1. The van der Waals surface area contributed by atoms with Gasteiger partial charge in [0, 0.05) is 10.7 Å². The topological polar surface area (TPSA) is 38.3 Å². The molecule has 4 heteroatoms. The predicted octanol–water partition coefficient (Wildman–Crippen LogP) is 4.05. The van der Waals surface area contributed by atoms with E-state index in [0.717, 1.165) is 5.56 Å². The van der Waals surface area contributed by atoms with Crippen LogP contribution in [0.2, 0.25) is 5.02 Å². The lowest BCUT2D eigenvalue weighted by molar-refractivity contribution is -0.122. The van der Waals surface area contributed by atoms with E-state index in [4.69, 9.17) is 16.3 Å². The highest BCUT2D eigenvalue weighted by Gasteiger charge is 2.14. The molecule has 0 radical (unpaired) electrons. The van der Waals surface area contributed by atoms with Crippen molar-refractivity contribution in [1.29, 1.82) is 0 Å². The minimum Gasteiger partial charge on any atom is -0.481 e. The standard InChI is InChI=1S/C16H16ClNO2/c1-11-4-3-5-15(10-11)20-12(2)16(19)18-14-8-6-13(17)7-9-14/h3-10,12H,1-2H3,(H,18,19). The minimum atomic E-state index is -0.576. The fourth-order valence-corrected chi connectivity index (χ4v) is 1.85. The maximum absolute atomic E-state index is 12.0. The fourth-order valence-electron chi connectivity index (χ4n) is 1.72. The summed E-state index contributed by atoms with van der Waals surface area (Å²) in [4.78, 5) is 12.0. The normalized spacial score (nSPS) is 11.8. The summed E-state index contributed by atoms with van der Waals surface area (Å²) in [6, 6.07) is 14.6. The zero-order valence-corrected chi connectivity index (χ0v) is 12.1. The van der Waals surface area contributed by atoms with Gasteiger partial charge in [-0.05, 0) is 55.8 Å². The highest BCUT2D eigenvalue weighted by molar-refractivity contribution is 6.30. The number of hydrogen-bond donors (Lipinski definition) is 1. The number of hydrogen-bond acceptors (Lipinski definition) is 2. The van der Waals surface area contributed by atoms with Crippen molar-refractivity contribution in [2.24, 2.45) is 0 Å². The van der Waals surface area contributed by atoms with Gasteiger partial charge in [0.1, 0.15) is 5.75 Å². The Labute approximate surface area is 123 Å². The molecule has 2 aromatic rings. The summed E-state index contributed by atoms with van der Waals surface area (Å²) in [5.41, 5.74) is 1.78. The molecule has 104 valence electrons. The van der Waals surface area contributed by atoms with Crippen molar-refractivity contribution in [3.8, 4) is 5.75 Å². The molecular formula is C16H16ClNO2. The quantitative estimate of drug-likeness (QED) is 0.922. The van der Waals surface area contributed by atoms with E-state index in [1.807, 2.05) is 31.2 Å². The summed E-state index contributed by atoms with van der Waals surface area (Å²) in [6.07, 6.45) is -0.576. The van der Waals surface area contributed by atoms with Gasteiger partial charge in [0.15, 0.2) is 6.10 Å². The lowest BCUT2D eigenvalue weighted by Crippen LogP contribution is -2.30. The van der Waals surface area contributed by atoms with Crippen LogP contribution in [0.25, 0.3) is 0 Å². The Bertz CT molecular complexity index is 596. The summed E-state index contributed by atoms with van der Waals surface area (Å²) in [7, 11) is 0. The highest BCUT2D eigenvalue weighted by Crippen LogP contribution is 2.16. The molecule has 0 saturated heterocycles. The summed E-state index contributed by atoms with van der Waals surface area (Å²) < 4.78 is 5.61. The molecule has 0 fully saturated rings. The smallest absolute Gasteiger partial charge is 0.265 e. The highest BCUT2D eigenvalue weighted by atomic mass is 35.5. The number of rotatable bonds is 4. The average Bonchev–Trinajstić information content (AvgIpc) is 2.41. The van der Waals surface area contributed by atoms with Gasteiger partial charge in [0.05, 0.1) is 0 Å². The van der Waals surface area contributed by atoms with Gasteiger partial charge in [0.25, 0.3) is 5.91 Å². The first kappa shape index (κ1) is 14.4. The zero-order valence-electron chi connectivity index (χ0n) is 11.4. The van der Waals surface area contributed by atoms with Crippen LogP contribution in [0.15, 0.2) is 48.5 Å². The van der Waals surface area contributed by atoms with E-state index >= 15 is 0 Å². The van der Waals surface area contributed by atoms with Crippen LogP contribution in [-0.4, -0.2) is 12.0 Å². The first-order valence-electron chi connectivity index (χ1n) is 6.34. The minimum absolute atomic E-state index is 0.200. The van der Waals surface area contributed by atoms with Crippen molar-refractivity contribution in [2.45, 2.75) is 20.0 Å². The Morgan fingerprint density at radius 3 is 2.55 bits per heavy atom. The molecule has 0 aromatic heterocycles. The Morgan fingerprint density at radius 2 is 1.90 bits per heavy atom. The molecule has 1 amide bonds. The van der Waals surface area contributed by atoms with Crippen LogP contribution in [0.1, 0.15) is 12.5 Å². The summed E-state index contributed by atoms with van der Waals surface area (Å²) in [5.74, 6) is 0.484. The zero-order chi connectivity index (χ0) is 14.5. The number of halogens is 1. The van der Waals surface area contributed by atoms with Crippen molar-refractivity contribution in [3.05, 3.63) is 59.1 Å². The molecular weight excluding hydrogens is 274 g/mol. The van der Waals surface area contributed by atoms with Gasteiger partial charge >= 0.3 is 0 Å². The number of ether oxygens (including phenoxy) is 1. The molecule has 1 N–H and O–H groups in total. The van der Waals surface area contributed by atoms with E-state index in [2.05, 4.69) is 5.32 Å². The van der Waals surface area contributed by atoms with Crippen molar-refractivity contribution in [1.82, 2.24) is 0 Å². The Kier molecular flexibility index (Phi) is 4.64. The summed E-state index contributed by atoms with van der Waals surface area (Å²) in [5, 5.41) is 3.41. The number of anilines is 1. The maximum Gasteiger partial charge on any atom is 0.265 e. The third-order valence-electron chi connectivity index (χ3n) is 2.78. The van der Waals surface area contributed by atoms with Crippen LogP contribution in [0.3, 0.4) is 0 Å². The van der Waals surface area contributed by atoms with E-state index in [1.165, 1.54) is 0 Å². The molecule has 0 aliphatic carbocycles. The number of carbonyl (C=O) groups is 1. The van der Waals surface area contributed by atoms with Gasteiger partial charge in [-0.2, -0.15) is 0 Å². The van der Waals surface area contributed by atoms with Gasteiger partial charge in [-0.1, -0.05) is 23.7 Å². The van der Waals surface area contributed by atoms with E-state index < -0.39 is 6.10 Å². The molecule has 0 aliphatic rings. The molecule has 3 nitrogen and oxygen atoms in total. The van der Waals surface area contributed by atoms with E-state index in [1.54, 1.807) is 31.2 Å². The molecule has 0 spiro atoms. The average molecular weight is 290 g/mol. The van der Waals surface area contributed by atoms with Gasteiger partial charge in [0.2, 0.25) is 0 Å². The van der Waals surface area contributed by atoms with Crippen molar-refractivity contribution in [3.63, 3.8) is 0 Å². The van der Waals surface area contributed by atoms with Crippen molar-refractivity contribution >= 4 is 23.2 Å². The van der Waals surface area contributed by atoms with Gasteiger partial charge in [-0.3, -0.25) is 4.79 Å². The number of amides is 1. The fraction of sp³-hybridized carbons (Fsp3) is 0.188. The summed E-state index contributed by atoms with van der Waals surface area (Å²) >= 11 is 5.80. The van der Waals surface area contributed by atoms with Crippen LogP contribution in [0, 0.1) is 6.92 Å². The second-order valence-electron chi connectivity index (χ2n) is 4.57. The molecule has 1 atom stereocenters. The first-order valence-corrected chi connectivity index (χ1v) is 6.72. The third-order valence-corrected chi connectivity index (χ3v) is 3.04. The number of aryl methyl sites for hydroxylation is 1. The van der Waals surface area contributed by atoms with Crippen molar-refractivity contribution < 1.29 is 9.53 Å². The summed E-state index contributed by atoms with van der Waals surface area (Å²) in [6.45, 7) is 3.69. The molecule has 0 aliphatic heterocycles. The van der Waals surface area contributed by atoms with Crippen LogP contribution in [-0.2, 0) is 4.79 Å². The Balaban J connectivity index is 1.96. The SMILES string of the molecule is Cc1cccc(OC(C)C(=O)Nc2ccc(Cl)cc2)c1. The molecule has 2 aromatic carbocycles.